The molecule has 0 aliphatic heterocycles. The van der Waals surface area contributed by atoms with Crippen molar-refractivity contribution in [1.29, 1.82) is 0 Å². The molecule has 0 aromatic carbocycles. The van der Waals surface area contributed by atoms with Crippen LogP contribution in [-0.2, 0) is 31.5 Å². The molecule has 80 valence electrons. The molecule has 1 N–H and O–H groups in total. The normalized spacial score (nSPS) is 9.40. The van der Waals surface area contributed by atoms with Gasteiger partial charge in [0.05, 0.1) is 5.97 Å². The van der Waals surface area contributed by atoms with E-state index in [9.17, 15) is 29.7 Å². The van der Waals surface area contributed by atoms with E-state index in [2.05, 4.69) is 0 Å². The Hall–Kier alpha value is -0.111. The van der Waals surface area contributed by atoms with E-state index in [4.69, 9.17) is 5.11 Å². The zero-order valence-electron chi connectivity index (χ0n) is 7.66. The van der Waals surface area contributed by atoms with Gasteiger partial charge in [0.15, 0.2) is 0 Å². The molecule has 0 atom stereocenters. The molecule has 0 bridgehead atoms. The maximum absolute atomic E-state index is 10.1. The maximum Gasteiger partial charge on any atom is 2.00 e. The summed E-state index contributed by atoms with van der Waals surface area (Å²) in [4.78, 5) is 30.0. The first-order valence-corrected chi connectivity index (χ1v) is 3.11. The first kappa shape index (κ1) is 20.3. The second-order valence-electron chi connectivity index (χ2n) is 2.42. The standard InChI is InChI=1S/C6H8O7.Fe.Na/c7-3(8)1-6(13,5(11)12)2-4(9)10;;/h13H,1-2H2,(H,7,8)(H,9,10)(H,11,12);;/q;+2;+1/p-3. The van der Waals surface area contributed by atoms with E-state index in [-0.39, 0.29) is 46.6 Å². The topological polar surface area (TPSA) is 141 Å². The third kappa shape index (κ3) is 7.78. The van der Waals surface area contributed by atoms with Gasteiger partial charge in [0.1, 0.15) is 5.60 Å². The third-order valence-electron chi connectivity index (χ3n) is 1.25. The summed E-state index contributed by atoms with van der Waals surface area (Å²) in [5.74, 6) is -5.98. The quantitative estimate of drug-likeness (QED) is 0.488. The molecule has 0 amide bonds. The van der Waals surface area contributed by atoms with Crippen LogP contribution in [0.5, 0.6) is 0 Å². The summed E-state index contributed by atoms with van der Waals surface area (Å²) in [5, 5.41) is 38.9. The Bertz CT molecular complexity index is 238. The van der Waals surface area contributed by atoms with Crippen LogP contribution in [-0.4, -0.2) is 28.6 Å². The van der Waals surface area contributed by atoms with Crippen molar-refractivity contribution in [2.45, 2.75) is 18.4 Å². The van der Waals surface area contributed by atoms with Crippen molar-refractivity contribution in [2.75, 3.05) is 0 Å². The summed E-state index contributed by atoms with van der Waals surface area (Å²) >= 11 is 0. The largest absolute Gasteiger partial charge is 2.00 e. The number of carboxylic acid groups (broad SMARTS) is 3. The Morgan fingerprint density at radius 1 is 1.00 bits per heavy atom. The molecule has 0 radical (unpaired) electrons. The fourth-order valence-electron chi connectivity index (χ4n) is 0.684. The smallest absolute Gasteiger partial charge is 0.550 e. The molecular formula is C6H5FeNaO7. The van der Waals surface area contributed by atoms with Gasteiger partial charge in [-0.15, -0.1) is 0 Å². The molecule has 0 aliphatic carbocycles. The average Bonchev–Trinajstić information content (AvgIpc) is 1.82. The van der Waals surface area contributed by atoms with Crippen molar-refractivity contribution in [1.82, 2.24) is 0 Å². The van der Waals surface area contributed by atoms with Crippen LogP contribution < -0.4 is 44.9 Å². The third-order valence-corrected chi connectivity index (χ3v) is 1.25. The summed E-state index contributed by atoms with van der Waals surface area (Å²) in [7, 11) is 0. The Kier molecular flexibility index (Phi) is 11.0. The van der Waals surface area contributed by atoms with Gasteiger partial charge >= 0.3 is 46.6 Å². The van der Waals surface area contributed by atoms with Crippen LogP contribution in [0.2, 0.25) is 0 Å². The minimum atomic E-state index is -2.97. The molecule has 0 heterocycles. The molecular weight excluding hydrogens is 263 g/mol. The van der Waals surface area contributed by atoms with Crippen molar-refractivity contribution in [2.24, 2.45) is 0 Å². The monoisotopic (exact) mass is 268 g/mol. The summed E-state index contributed by atoms with van der Waals surface area (Å²) in [5.41, 5.74) is -2.97. The van der Waals surface area contributed by atoms with Crippen molar-refractivity contribution in [3.05, 3.63) is 0 Å². The minimum absolute atomic E-state index is 0. The number of carbonyl (C=O) groups excluding carboxylic acids is 3. The molecule has 0 rings (SSSR count). The number of aliphatic carboxylic acids is 3. The number of rotatable bonds is 5. The van der Waals surface area contributed by atoms with Crippen LogP contribution in [0.15, 0.2) is 0 Å². The second kappa shape index (κ2) is 8.09. The second-order valence-corrected chi connectivity index (χ2v) is 2.42. The number of carbonyl (C=O) groups is 3. The summed E-state index contributed by atoms with van der Waals surface area (Å²) in [6, 6.07) is 0. The van der Waals surface area contributed by atoms with Crippen LogP contribution in [0.4, 0.5) is 0 Å². The summed E-state index contributed by atoms with van der Waals surface area (Å²) in [6.45, 7) is 0. The van der Waals surface area contributed by atoms with Gasteiger partial charge in [-0.1, -0.05) is 0 Å². The van der Waals surface area contributed by atoms with Crippen molar-refractivity contribution in [3.63, 3.8) is 0 Å². The predicted molar refractivity (Wildman–Crippen MR) is 29.2 cm³/mol. The Morgan fingerprint density at radius 2 is 1.27 bits per heavy atom. The first-order valence-electron chi connectivity index (χ1n) is 3.11. The van der Waals surface area contributed by atoms with Crippen molar-refractivity contribution < 1.29 is 81.4 Å². The molecule has 0 aromatic rings. The van der Waals surface area contributed by atoms with Gasteiger partial charge < -0.3 is 34.8 Å². The number of hydrogen-bond acceptors (Lipinski definition) is 7. The predicted octanol–water partition coefficient (Wildman–Crippen LogP) is -8.25. The molecule has 0 aliphatic rings. The minimum Gasteiger partial charge on any atom is -0.550 e. The van der Waals surface area contributed by atoms with Crippen LogP contribution in [0, 0.1) is 0 Å². The molecule has 9 heteroatoms. The van der Waals surface area contributed by atoms with Gasteiger partial charge in [-0.2, -0.15) is 0 Å². The zero-order chi connectivity index (χ0) is 10.6. The van der Waals surface area contributed by atoms with E-state index in [1.54, 1.807) is 0 Å². The van der Waals surface area contributed by atoms with Gasteiger partial charge in [0.2, 0.25) is 0 Å². The van der Waals surface area contributed by atoms with E-state index in [1.807, 2.05) is 0 Å². The van der Waals surface area contributed by atoms with Gasteiger partial charge in [0, 0.05) is 24.8 Å². The molecule has 7 nitrogen and oxygen atoms in total. The molecule has 0 spiro atoms. The van der Waals surface area contributed by atoms with E-state index < -0.39 is 36.4 Å². The molecule has 0 fully saturated rings. The molecule has 0 saturated carbocycles. The number of carboxylic acids is 3. The molecule has 0 aromatic heterocycles. The maximum atomic E-state index is 10.1. The van der Waals surface area contributed by atoms with Gasteiger partial charge in [-0.25, -0.2) is 0 Å². The summed E-state index contributed by atoms with van der Waals surface area (Å²) < 4.78 is 0. The van der Waals surface area contributed by atoms with E-state index in [0.29, 0.717) is 0 Å². The van der Waals surface area contributed by atoms with Crippen LogP contribution in [0.3, 0.4) is 0 Å². The molecule has 0 saturated heterocycles. The van der Waals surface area contributed by atoms with E-state index >= 15 is 0 Å². The zero-order valence-corrected chi connectivity index (χ0v) is 10.8. The van der Waals surface area contributed by atoms with Crippen LogP contribution >= 0.6 is 0 Å². The first-order chi connectivity index (χ1) is 5.78. The van der Waals surface area contributed by atoms with Crippen LogP contribution in [0.25, 0.3) is 0 Å². The Labute approximate surface area is 117 Å². The van der Waals surface area contributed by atoms with Gasteiger partial charge in [0.25, 0.3) is 0 Å². The fraction of sp³-hybridized carbons (Fsp3) is 0.500. The molecule has 15 heavy (non-hydrogen) atoms. The SMILES string of the molecule is O=C([O-])CC(O)(CC(=O)[O-])C(=O)[O-].[Fe+2].[Na+]. The van der Waals surface area contributed by atoms with E-state index in [0.717, 1.165) is 0 Å². The number of hydrogen-bond donors (Lipinski definition) is 1. The Balaban J connectivity index is -0.000000720. The van der Waals surface area contributed by atoms with Gasteiger partial charge in [-0.3, -0.25) is 0 Å². The van der Waals surface area contributed by atoms with Crippen molar-refractivity contribution >= 4 is 17.9 Å². The summed E-state index contributed by atoms with van der Waals surface area (Å²) in [6.07, 6.45) is -2.72. The average molecular weight is 268 g/mol. The number of aliphatic hydroxyl groups is 1. The van der Waals surface area contributed by atoms with Crippen molar-refractivity contribution in [3.8, 4) is 0 Å². The fourth-order valence-corrected chi connectivity index (χ4v) is 0.684. The van der Waals surface area contributed by atoms with Gasteiger partial charge in [-0.05, 0) is 0 Å². The Morgan fingerprint density at radius 3 is 1.40 bits per heavy atom. The molecule has 0 unspecified atom stereocenters. The van der Waals surface area contributed by atoms with E-state index in [1.165, 1.54) is 0 Å². The van der Waals surface area contributed by atoms with Crippen LogP contribution in [0.1, 0.15) is 12.8 Å².